The first-order valence-electron chi connectivity index (χ1n) is 8.26. The molecule has 3 atom stereocenters. The second-order valence-electron chi connectivity index (χ2n) is 6.49. The first-order chi connectivity index (χ1) is 11.7. The van der Waals surface area contributed by atoms with Crippen LogP contribution in [0.15, 0.2) is 54.6 Å². The molecule has 0 unspecified atom stereocenters. The van der Waals surface area contributed by atoms with Crippen LogP contribution in [0, 0.1) is 0 Å². The van der Waals surface area contributed by atoms with Gasteiger partial charge in [-0.25, -0.2) is 4.79 Å². The van der Waals surface area contributed by atoms with Crippen LogP contribution in [0.5, 0.6) is 0 Å². The molecule has 0 aliphatic carbocycles. The van der Waals surface area contributed by atoms with Gasteiger partial charge < -0.3 is 20.2 Å². The van der Waals surface area contributed by atoms with Crippen molar-refractivity contribution in [2.75, 3.05) is 30.4 Å². The summed E-state index contributed by atoms with van der Waals surface area (Å²) in [5.74, 6) is 0.198. The number of nitrogens with one attached hydrogen (secondary N) is 1. The van der Waals surface area contributed by atoms with Gasteiger partial charge in [0.1, 0.15) is 0 Å². The molecule has 0 aromatic heterocycles. The molecule has 5 nitrogen and oxygen atoms in total. The Balaban J connectivity index is 1.60. The molecule has 0 radical (unpaired) electrons. The van der Waals surface area contributed by atoms with Crippen LogP contribution in [0.4, 0.5) is 16.2 Å². The van der Waals surface area contributed by atoms with Gasteiger partial charge in [-0.05, 0) is 23.8 Å². The highest BCUT2D eigenvalue weighted by Gasteiger charge is 2.54. The van der Waals surface area contributed by atoms with Crippen LogP contribution in [-0.4, -0.2) is 48.3 Å². The summed E-state index contributed by atoms with van der Waals surface area (Å²) in [5.41, 5.74) is 3.19. The minimum absolute atomic E-state index is 0.0264. The van der Waals surface area contributed by atoms with Gasteiger partial charge in [0.25, 0.3) is 0 Å². The molecule has 2 aliphatic heterocycles. The predicted octanol–water partition coefficient (Wildman–Crippen LogP) is 2.50. The van der Waals surface area contributed by atoms with Gasteiger partial charge in [-0.15, -0.1) is 0 Å². The van der Waals surface area contributed by atoms with Gasteiger partial charge in [0.2, 0.25) is 0 Å². The van der Waals surface area contributed by atoms with E-state index in [9.17, 15) is 9.90 Å². The maximum Gasteiger partial charge on any atom is 0.322 e. The highest BCUT2D eigenvalue weighted by atomic mass is 16.3. The Morgan fingerprint density at radius 2 is 1.88 bits per heavy atom. The van der Waals surface area contributed by atoms with Gasteiger partial charge in [-0.3, -0.25) is 0 Å². The Labute approximate surface area is 141 Å². The van der Waals surface area contributed by atoms with E-state index in [0.29, 0.717) is 0 Å². The lowest BCUT2D eigenvalue weighted by Gasteiger charge is -2.58. The fraction of sp³-hybridized carbons (Fsp3) is 0.316. The van der Waals surface area contributed by atoms with E-state index in [0.717, 1.165) is 12.2 Å². The standard InChI is InChI=1S/C19H21N3O2/c1-21-11-16-18(14-9-5-6-10-15(14)21)17(12-23)22(16)19(24)20-13-7-3-2-4-8-13/h2-10,16-18,23H,11-12H2,1H3,(H,20,24)/t16-,17-,18+/m0/s1. The van der Waals surface area contributed by atoms with Crippen molar-refractivity contribution in [3.8, 4) is 0 Å². The number of urea groups is 1. The number of benzene rings is 2. The van der Waals surface area contributed by atoms with Crippen molar-refractivity contribution >= 4 is 17.4 Å². The van der Waals surface area contributed by atoms with Crippen LogP contribution >= 0.6 is 0 Å². The number of hydrogen-bond acceptors (Lipinski definition) is 3. The fourth-order valence-corrected chi connectivity index (χ4v) is 4.07. The summed E-state index contributed by atoms with van der Waals surface area (Å²) < 4.78 is 0. The number of carbonyl (C=O) groups is 1. The highest BCUT2D eigenvalue weighted by molar-refractivity contribution is 5.91. The number of likely N-dealkylation sites (N-methyl/N-ethyl adjacent to an activating group) is 1. The van der Waals surface area contributed by atoms with E-state index in [-0.39, 0.29) is 30.6 Å². The monoisotopic (exact) mass is 323 g/mol. The summed E-state index contributed by atoms with van der Waals surface area (Å²) in [6.45, 7) is 0.752. The van der Waals surface area contributed by atoms with Gasteiger partial charge in [-0.2, -0.15) is 0 Å². The zero-order chi connectivity index (χ0) is 16.7. The molecular formula is C19H21N3O2. The summed E-state index contributed by atoms with van der Waals surface area (Å²) in [6.07, 6.45) is 0. The number of para-hydroxylation sites is 2. The van der Waals surface area contributed by atoms with E-state index in [1.54, 1.807) is 4.90 Å². The molecule has 0 saturated carbocycles. The average Bonchev–Trinajstić information content (AvgIpc) is 2.58. The van der Waals surface area contributed by atoms with Crippen molar-refractivity contribution in [3.63, 3.8) is 0 Å². The number of aliphatic hydroxyl groups excluding tert-OH is 1. The summed E-state index contributed by atoms with van der Waals surface area (Å²) in [7, 11) is 2.05. The normalized spacial score (nSPS) is 24.7. The van der Waals surface area contributed by atoms with Crippen molar-refractivity contribution < 1.29 is 9.90 Å². The van der Waals surface area contributed by atoms with E-state index >= 15 is 0 Å². The molecule has 0 bridgehead atoms. The topological polar surface area (TPSA) is 55.8 Å². The van der Waals surface area contributed by atoms with Crippen LogP contribution < -0.4 is 10.2 Å². The number of fused-ring (bicyclic) bond motifs is 3. The number of aliphatic hydroxyl groups is 1. The van der Waals surface area contributed by atoms with Crippen LogP contribution in [0.3, 0.4) is 0 Å². The molecule has 2 aromatic carbocycles. The lowest BCUT2D eigenvalue weighted by atomic mass is 9.72. The first kappa shape index (κ1) is 15.0. The van der Waals surface area contributed by atoms with Crippen molar-refractivity contribution in [2.24, 2.45) is 0 Å². The SMILES string of the molecule is CN1C[C@H]2[C@@H](c3ccccc31)[C@H](CO)N2C(=O)Nc1ccccc1. The van der Waals surface area contributed by atoms with E-state index in [4.69, 9.17) is 0 Å². The molecule has 2 amide bonds. The summed E-state index contributed by atoms with van der Waals surface area (Å²) >= 11 is 0. The number of likely N-dealkylation sites (tertiary alicyclic amines) is 1. The molecule has 2 aromatic rings. The van der Waals surface area contributed by atoms with Crippen LogP contribution in [-0.2, 0) is 0 Å². The molecular weight excluding hydrogens is 302 g/mol. The van der Waals surface area contributed by atoms with E-state index < -0.39 is 0 Å². The van der Waals surface area contributed by atoms with Crippen LogP contribution in [0.1, 0.15) is 11.5 Å². The number of carbonyl (C=O) groups excluding carboxylic acids is 1. The maximum atomic E-state index is 12.7. The fourth-order valence-electron chi connectivity index (χ4n) is 4.07. The maximum absolute atomic E-state index is 12.7. The van der Waals surface area contributed by atoms with Crippen molar-refractivity contribution in [1.29, 1.82) is 0 Å². The third-order valence-electron chi connectivity index (χ3n) is 5.16. The summed E-state index contributed by atoms with van der Waals surface area (Å²) in [6, 6.07) is 17.5. The first-order valence-corrected chi connectivity index (χ1v) is 8.26. The molecule has 0 spiro atoms. The second-order valence-corrected chi connectivity index (χ2v) is 6.49. The molecule has 2 heterocycles. The van der Waals surface area contributed by atoms with Gasteiger partial charge in [-0.1, -0.05) is 36.4 Å². The van der Waals surface area contributed by atoms with Crippen molar-refractivity contribution in [1.82, 2.24) is 4.90 Å². The van der Waals surface area contributed by atoms with Crippen LogP contribution in [0.25, 0.3) is 0 Å². The smallest absolute Gasteiger partial charge is 0.322 e. The zero-order valence-corrected chi connectivity index (χ0v) is 13.6. The quantitative estimate of drug-likeness (QED) is 0.893. The minimum Gasteiger partial charge on any atom is -0.394 e. The average molecular weight is 323 g/mol. The predicted molar refractivity (Wildman–Crippen MR) is 94.4 cm³/mol. The van der Waals surface area contributed by atoms with Gasteiger partial charge in [0.15, 0.2) is 0 Å². The van der Waals surface area contributed by atoms with Crippen molar-refractivity contribution in [2.45, 2.75) is 18.0 Å². The third-order valence-corrected chi connectivity index (χ3v) is 5.16. The van der Waals surface area contributed by atoms with E-state index in [1.807, 2.05) is 42.5 Å². The lowest BCUT2D eigenvalue weighted by Crippen LogP contribution is -2.70. The Hall–Kier alpha value is -2.53. The largest absolute Gasteiger partial charge is 0.394 e. The number of anilines is 2. The zero-order valence-electron chi connectivity index (χ0n) is 13.6. The number of hydrogen-bond donors (Lipinski definition) is 2. The lowest BCUT2D eigenvalue weighted by molar-refractivity contribution is -0.00226. The Morgan fingerprint density at radius 3 is 2.62 bits per heavy atom. The molecule has 24 heavy (non-hydrogen) atoms. The van der Waals surface area contributed by atoms with Crippen molar-refractivity contribution in [3.05, 3.63) is 60.2 Å². The highest BCUT2D eigenvalue weighted by Crippen LogP contribution is 2.47. The molecule has 124 valence electrons. The Kier molecular flexibility index (Phi) is 3.65. The summed E-state index contributed by atoms with van der Waals surface area (Å²) in [4.78, 5) is 16.7. The summed E-state index contributed by atoms with van der Waals surface area (Å²) in [5, 5.41) is 12.8. The van der Waals surface area contributed by atoms with Gasteiger partial charge >= 0.3 is 6.03 Å². The second kappa shape index (κ2) is 5.83. The van der Waals surface area contributed by atoms with Gasteiger partial charge in [0.05, 0.1) is 18.7 Å². The Morgan fingerprint density at radius 1 is 1.17 bits per heavy atom. The van der Waals surface area contributed by atoms with Gasteiger partial charge in [0, 0.05) is 30.9 Å². The molecule has 2 N–H and O–H groups in total. The molecule has 4 rings (SSSR count). The van der Waals surface area contributed by atoms with E-state index in [2.05, 4.69) is 29.4 Å². The van der Waals surface area contributed by atoms with E-state index in [1.165, 1.54) is 11.3 Å². The number of amides is 2. The molecule has 1 saturated heterocycles. The Bertz CT molecular complexity index is 749. The third kappa shape index (κ3) is 2.24. The minimum atomic E-state index is -0.173. The van der Waals surface area contributed by atoms with Crippen LogP contribution in [0.2, 0.25) is 0 Å². The molecule has 1 fully saturated rings. The molecule has 5 heteroatoms. The molecule has 2 aliphatic rings. The number of rotatable bonds is 2. The number of nitrogens with zero attached hydrogens (tertiary/aromatic N) is 2.